The van der Waals surface area contributed by atoms with Gasteiger partial charge in [-0.2, -0.15) is 0 Å². The minimum absolute atomic E-state index is 0.370. The summed E-state index contributed by atoms with van der Waals surface area (Å²) < 4.78 is 8.57. The smallest absolute Gasteiger partial charge is 0.148 e. The molecule has 106 valence electrons. The number of nitrogen functional groups attached to an aromatic ring is 1. The van der Waals surface area contributed by atoms with Crippen molar-refractivity contribution < 1.29 is 4.74 Å². The first-order valence-electron chi connectivity index (χ1n) is 5.88. The maximum absolute atomic E-state index is 6.01. The van der Waals surface area contributed by atoms with Crippen LogP contribution < -0.4 is 10.5 Å². The highest BCUT2D eigenvalue weighted by Gasteiger charge is 2.11. The minimum Gasteiger partial charge on any atom is -0.485 e. The number of anilines is 1. The Kier molecular flexibility index (Phi) is 5.09. The number of hydrogen-bond donors (Lipinski definition) is 1. The monoisotopic (exact) mass is 462 g/mol. The summed E-state index contributed by atoms with van der Waals surface area (Å²) in [6.07, 6.45) is 1.77. The molecule has 0 bridgehead atoms. The van der Waals surface area contributed by atoms with E-state index in [9.17, 15) is 0 Å². The number of rotatable bonds is 3. The molecule has 0 aliphatic rings. The van der Waals surface area contributed by atoms with Crippen LogP contribution in [-0.4, -0.2) is 4.98 Å². The van der Waals surface area contributed by atoms with Crippen molar-refractivity contribution in [2.24, 2.45) is 0 Å². The molecular formula is C14H13Br3N2O. The van der Waals surface area contributed by atoms with E-state index in [1.807, 2.05) is 26.0 Å². The van der Waals surface area contributed by atoms with Gasteiger partial charge in [-0.3, -0.25) is 4.98 Å². The van der Waals surface area contributed by atoms with Gasteiger partial charge in [0, 0.05) is 16.4 Å². The van der Waals surface area contributed by atoms with Crippen LogP contribution in [0.2, 0.25) is 0 Å². The van der Waals surface area contributed by atoms with Gasteiger partial charge in [-0.05, 0) is 69.0 Å². The van der Waals surface area contributed by atoms with Gasteiger partial charge in [0.2, 0.25) is 0 Å². The number of nitrogens with two attached hydrogens (primary N) is 1. The fraction of sp³-hybridized carbons (Fsp3) is 0.214. The Bertz CT molecular complexity index is 636. The molecule has 0 saturated heterocycles. The molecule has 1 aromatic carbocycles. The van der Waals surface area contributed by atoms with Gasteiger partial charge in [0.1, 0.15) is 12.4 Å². The quantitative estimate of drug-likeness (QED) is 0.683. The summed E-state index contributed by atoms with van der Waals surface area (Å²) in [6.45, 7) is 4.27. The van der Waals surface area contributed by atoms with Crippen LogP contribution in [0.4, 0.5) is 5.69 Å². The van der Waals surface area contributed by atoms with Crippen LogP contribution in [0.1, 0.15) is 16.8 Å². The Hall–Kier alpha value is -0.590. The minimum atomic E-state index is 0.370. The predicted octanol–water partition coefficient (Wildman–Crippen LogP) is 5.15. The van der Waals surface area contributed by atoms with E-state index in [1.165, 1.54) is 0 Å². The number of pyridine rings is 1. The van der Waals surface area contributed by atoms with E-state index < -0.39 is 0 Å². The van der Waals surface area contributed by atoms with Gasteiger partial charge < -0.3 is 10.5 Å². The lowest BCUT2D eigenvalue weighted by Crippen LogP contribution is -2.05. The maximum Gasteiger partial charge on any atom is 0.148 e. The molecule has 0 saturated carbocycles. The number of benzene rings is 1. The van der Waals surface area contributed by atoms with Crippen molar-refractivity contribution in [1.82, 2.24) is 4.98 Å². The first-order valence-corrected chi connectivity index (χ1v) is 8.26. The maximum atomic E-state index is 6.01. The van der Waals surface area contributed by atoms with Crippen LogP contribution in [0.25, 0.3) is 0 Å². The summed E-state index contributed by atoms with van der Waals surface area (Å²) in [7, 11) is 0. The van der Waals surface area contributed by atoms with Gasteiger partial charge in [-0.15, -0.1) is 0 Å². The molecule has 2 rings (SSSR count). The van der Waals surface area contributed by atoms with Crippen LogP contribution in [0.5, 0.6) is 5.75 Å². The highest BCUT2D eigenvalue weighted by atomic mass is 79.9. The number of halogens is 3. The van der Waals surface area contributed by atoms with E-state index >= 15 is 0 Å². The zero-order valence-corrected chi connectivity index (χ0v) is 15.8. The molecular weight excluding hydrogens is 452 g/mol. The molecule has 0 fully saturated rings. The Labute approximate surface area is 143 Å². The van der Waals surface area contributed by atoms with E-state index in [0.29, 0.717) is 6.61 Å². The third-order valence-corrected chi connectivity index (χ3v) is 4.63. The molecule has 2 aromatic rings. The fourth-order valence-corrected chi connectivity index (χ4v) is 4.23. The number of hydrogen-bond acceptors (Lipinski definition) is 3. The zero-order chi connectivity index (χ0) is 14.9. The molecule has 20 heavy (non-hydrogen) atoms. The van der Waals surface area contributed by atoms with Crippen LogP contribution in [0.3, 0.4) is 0 Å². The van der Waals surface area contributed by atoms with Gasteiger partial charge in [-0.25, -0.2) is 0 Å². The van der Waals surface area contributed by atoms with Crippen molar-refractivity contribution in [2.75, 3.05) is 5.73 Å². The number of aromatic nitrogens is 1. The molecule has 1 heterocycles. The summed E-state index contributed by atoms with van der Waals surface area (Å²) in [6, 6.07) is 3.87. The number of nitrogens with zero attached hydrogens (tertiary/aromatic N) is 1. The molecule has 0 atom stereocenters. The average molecular weight is 465 g/mol. The fourth-order valence-electron chi connectivity index (χ4n) is 1.75. The van der Waals surface area contributed by atoms with Crippen molar-refractivity contribution in [2.45, 2.75) is 20.5 Å². The van der Waals surface area contributed by atoms with E-state index in [0.717, 1.165) is 41.7 Å². The van der Waals surface area contributed by atoms with Crippen LogP contribution >= 0.6 is 47.8 Å². The summed E-state index contributed by atoms with van der Waals surface area (Å²) >= 11 is 10.4. The average Bonchev–Trinajstić information content (AvgIpc) is 2.37. The van der Waals surface area contributed by atoms with Gasteiger partial charge in [0.25, 0.3) is 0 Å². The number of ether oxygens (including phenoxy) is 1. The molecule has 0 amide bonds. The van der Waals surface area contributed by atoms with Gasteiger partial charge in [0.05, 0.1) is 14.6 Å². The predicted molar refractivity (Wildman–Crippen MR) is 92.0 cm³/mol. The van der Waals surface area contributed by atoms with Crippen LogP contribution in [0.15, 0.2) is 31.7 Å². The summed E-state index contributed by atoms with van der Waals surface area (Å²) in [4.78, 5) is 4.39. The van der Waals surface area contributed by atoms with Crippen molar-refractivity contribution in [3.8, 4) is 5.75 Å². The second-order valence-corrected chi connectivity index (χ2v) is 7.04. The van der Waals surface area contributed by atoms with Gasteiger partial charge in [0.15, 0.2) is 0 Å². The molecule has 2 N–H and O–H groups in total. The molecule has 0 spiro atoms. The Morgan fingerprint density at radius 1 is 1.15 bits per heavy atom. The first kappa shape index (κ1) is 15.8. The molecule has 0 aliphatic heterocycles. The Morgan fingerprint density at radius 2 is 1.75 bits per heavy atom. The Balaban J connectivity index is 2.24. The van der Waals surface area contributed by atoms with Gasteiger partial charge >= 0.3 is 0 Å². The van der Waals surface area contributed by atoms with Crippen molar-refractivity contribution in [3.05, 3.63) is 48.6 Å². The van der Waals surface area contributed by atoms with Crippen molar-refractivity contribution in [1.29, 1.82) is 0 Å². The molecule has 0 radical (unpaired) electrons. The third kappa shape index (κ3) is 3.35. The summed E-state index contributed by atoms with van der Waals surface area (Å²) in [5.74, 6) is 0.744. The van der Waals surface area contributed by atoms with E-state index in [4.69, 9.17) is 10.5 Å². The largest absolute Gasteiger partial charge is 0.485 e. The van der Waals surface area contributed by atoms with Crippen LogP contribution in [-0.2, 0) is 6.61 Å². The van der Waals surface area contributed by atoms with E-state index in [2.05, 4.69) is 52.8 Å². The highest BCUT2D eigenvalue weighted by Crippen LogP contribution is 2.37. The highest BCUT2D eigenvalue weighted by molar-refractivity contribution is 9.11. The molecule has 1 aromatic heterocycles. The second kappa shape index (κ2) is 6.45. The second-order valence-electron chi connectivity index (χ2n) is 4.41. The lowest BCUT2D eigenvalue weighted by Gasteiger charge is -2.13. The van der Waals surface area contributed by atoms with Crippen LogP contribution in [0, 0.1) is 13.8 Å². The summed E-state index contributed by atoms with van der Waals surface area (Å²) in [5.41, 5.74) is 9.57. The van der Waals surface area contributed by atoms with E-state index in [1.54, 1.807) is 6.20 Å². The normalized spacial score (nSPS) is 10.7. The summed E-state index contributed by atoms with van der Waals surface area (Å²) in [5, 5.41) is 0. The molecule has 0 unspecified atom stereocenters. The molecule has 0 aliphatic carbocycles. The number of aryl methyl sites for hydroxylation is 1. The van der Waals surface area contributed by atoms with Crippen molar-refractivity contribution in [3.63, 3.8) is 0 Å². The standard InChI is InChI=1S/C14H13Br3N2O/c1-7-5-19-12(8(2)13(7)18)6-20-14-10(16)3-9(15)4-11(14)17/h3-5H,6H2,1-2H3,(H2,18,19). The third-order valence-electron chi connectivity index (χ3n) is 2.99. The van der Waals surface area contributed by atoms with E-state index in [-0.39, 0.29) is 0 Å². The lowest BCUT2D eigenvalue weighted by molar-refractivity contribution is 0.296. The SMILES string of the molecule is Cc1cnc(COc2c(Br)cc(Br)cc2Br)c(C)c1N. The van der Waals surface area contributed by atoms with Gasteiger partial charge in [-0.1, -0.05) is 15.9 Å². The topological polar surface area (TPSA) is 48.1 Å². The van der Waals surface area contributed by atoms with Crippen molar-refractivity contribution >= 4 is 53.5 Å². The first-order chi connectivity index (χ1) is 9.40. The molecule has 3 nitrogen and oxygen atoms in total. The zero-order valence-electron chi connectivity index (χ0n) is 11.0. The molecule has 6 heteroatoms. The Morgan fingerprint density at radius 3 is 2.35 bits per heavy atom. The lowest BCUT2D eigenvalue weighted by atomic mass is 10.1.